The number of nitrogens with one attached hydrogen (secondary N) is 2. The molecule has 0 fully saturated rings. The van der Waals surface area contributed by atoms with Gasteiger partial charge < -0.3 is 15.2 Å². The molecule has 5 heteroatoms. The summed E-state index contributed by atoms with van der Waals surface area (Å²) in [5.41, 5.74) is 2.48. The zero-order valence-corrected chi connectivity index (χ0v) is 12.6. The minimum absolute atomic E-state index is 0. The van der Waals surface area contributed by atoms with Crippen molar-refractivity contribution < 1.29 is 0 Å². The number of aromatic amines is 1. The molecule has 0 aliphatic carbocycles. The van der Waals surface area contributed by atoms with Gasteiger partial charge in [-0.15, -0.1) is 24.0 Å². The highest BCUT2D eigenvalue weighted by Crippen LogP contribution is 2.16. The maximum absolute atomic E-state index is 4.42. The predicted molar refractivity (Wildman–Crippen MR) is 85.5 cm³/mol. The van der Waals surface area contributed by atoms with Crippen LogP contribution in [-0.4, -0.2) is 36.0 Å². The molecular formula is C13H17IN4. The van der Waals surface area contributed by atoms with E-state index in [9.17, 15) is 0 Å². The highest BCUT2D eigenvalue weighted by atomic mass is 127. The van der Waals surface area contributed by atoms with Gasteiger partial charge in [0.05, 0.1) is 12.1 Å². The lowest BCUT2D eigenvalue weighted by Gasteiger charge is -2.15. The standard InChI is InChI=1S/C13H16N4.HI/c1-17-8-7-15-13(17)16-9-11-4-2-3-10-5-6-14-12(10)11;/h2-6,14H,7-9H2,1H3,(H,15,16);1H. The van der Waals surface area contributed by atoms with Gasteiger partial charge in [0.1, 0.15) is 0 Å². The Kier molecular flexibility index (Phi) is 4.11. The molecule has 1 aromatic heterocycles. The lowest BCUT2D eigenvalue weighted by molar-refractivity contribution is 0.534. The van der Waals surface area contributed by atoms with Crippen LogP contribution in [-0.2, 0) is 6.54 Å². The van der Waals surface area contributed by atoms with E-state index in [-0.39, 0.29) is 24.0 Å². The van der Waals surface area contributed by atoms with Crippen molar-refractivity contribution in [2.24, 2.45) is 4.99 Å². The summed E-state index contributed by atoms with van der Waals surface area (Å²) >= 11 is 0. The molecule has 2 N–H and O–H groups in total. The van der Waals surface area contributed by atoms with E-state index >= 15 is 0 Å². The van der Waals surface area contributed by atoms with Crippen LogP contribution >= 0.6 is 24.0 Å². The number of para-hydroxylation sites is 1. The smallest absolute Gasteiger partial charge is 0.194 e. The number of nitrogens with zero attached hydrogens (tertiary/aromatic N) is 2. The van der Waals surface area contributed by atoms with Crippen LogP contribution < -0.4 is 5.32 Å². The first kappa shape index (κ1) is 13.2. The molecule has 0 atom stereocenters. The molecule has 1 aliphatic rings. The van der Waals surface area contributed by atoms with E-state index in [2.05, 4.69) is 51.5 Å². The Balaban J connectivity index is 0.00000120. The summed E-state index contributed by atoms with van der Waals surface area (Å²) in [6, 6.07) is 8.45. The molecule has 0 saturated heterocycles. The van der Waals surface area contributed by atoms with Crippen LogP contribution in [0.25, 0.3) is 10.9 Å². The molecule has 0 spiro atoms. The van der Waals surface area contributed by atoms with Gasteiger partial charge in [-0.1, -0.05) is 18.2 Å². The van der Waals surface area contributed by atoms with Crippen molar-refractivity contribution in [3.63, 3.8) is 0 Å². The van der Waals surface area contributed by atoms with Gasteiger partial charge in [0, 0.05) is 26.3 Å². The van der Waals surface area contributed by atoms with E-state index in [0.29, 0.717) is 0 Å². The summed E-state index contributed by atoms with van der Waals surface area (Å²) < 4.78 is 0. The Morgan fingerprint density at radius 2 is 2.28 bits per heavy atom. The SMILES string of the molecule is CN1CCN=C1NCc1cccc2cc[nH]c12.I. The van der Waals surface area contributed by atoms with Crippen molar-refractivity contribution in [1.29, 1.82) is 0 Å². The van der Waals surface area contributed by atoms with Gasteiger partial charge in [0.15, 0.2) is 5.96 Å². The molecule has 3 rings (SSSR count). The summed E-state index contributed by atoms with van der Waals surface area (Å²) in [6.07, 6.45) is 1.98. The number of hydrogen-bond donors (Lipinski definition) is 2. The van der Waals surface area contributed by atoms with Crippen LogP contribution in [0, 0.1) is 0 Å². The molecule has 0 bridgehead atoms. The largest absolute Gasteiger partial charge is 0.361 e. The van der Waals surface area contributed by atoms with E-state index in [1.807, 2.05) is 6.20 Å². The summed E-state index contributed by atoms with van der Waals surface area (Å²) in [5.74, 6) is 0.994. The monoisotopic (exact) mass is 356 g/mol. The van der Waals surface area contributed by atoms with Crippen molar-refractivity contribution in [3.05, 3.63) is 36.0 Å². The summed E-state index contributed by atoms with van der Waals surface area (Å²) in [5, 5.41) is 4.64. The van der Waals surface area contributed by atoms with Gasteiger partial charge in [-0.3, -0.25) is 4.99 Å². The third-order valence-corrected chi connectivity index (χ3v) is 3.17. The van der Waals surface area contributed by atoms with Gasteiger partial charge in [0.2, 0.25) is 0 Å². The van der Waals surface area contributed by atoms with Crippen LogP contribution in [0.3, 0.4) is 0 Å². The van der Waals surface area contributed by atoms with E-state index in [0.717, 1.165) is 25.6 Å². The number of likely N-dealkylation sites (N-methyl/N-ethyl adjacent to an activating group) is 1. The fourth-order valence-corrected chi connectivity index (χ4v) is 2.19. The molecule has 4 nitrogen and oxygen atoms in total. The van der Waals surface area contributed by atoms with Crippen molar-refractivity contribution >= 4 is 40.8 Å². The van der Waals surface area contributed by atoms with Gasteiger partial charge in [-0.05, 0) is 17.0 Å². The number of H-pyrrole nitrogens is 1. The molecule has 0 amide bonds. The number of aliphatic imine (C=N–C) groups is 1. The zero-order valence-electron chi connectivity index (χ0n) is 10.3. The van der Waals surface area contributed by atoms with E-state index in [1.54, 1.807) is 0 Å². The van der Waals surface area contributed by atoms with Crippen LogP contribution in [0.4, 0.5) is 0 Å². The Morgan fingerprint density at radius 3 is 3.06 bits per heavy atom. The third kappa shape index (κ3) is 2.45. The van der Waals surface area contributed by atoms with Crippen LogP contribution in [0.5, 0.6) is 0 Å². The molecule has 1 aliphatic heterocycles. The van der Waals surface area contributed by atoms with Gasteiger partial charge >= 0.3 is 0 Å². The summed E-state index contributed by atoms with van der Waals surface area (Å²) in [6.45, 7) is 2.71. The topological polar surface area (TPSA) is 43.4 Å². The second-order valence-electron chi connectivity index (χ2n) is 4.34. The Labute approximate surface area is 123 Å². The molecule has 2 heterocycles. The maximum atomic E-state index is 4.42. The number of aromatic nitrogens is 1. The number of hydrogen-bond acceptors (Lipinski definition) is 3. The van der Waals surface area contributed by atoms with Crippen LogP contribution in [0.1, 0.15) is 5.56 Å². The lowest BCUT2D eigenvalue weighted by atomic mass is 10.1. The predicted octanol–water partition coefficient (Wildman–Crippen LogP) is 2.18. The minimum atomic E-state index is 0. The first-order valence-corrected chi connectivity index (χ1v) is 5.89. The minimum Gasteiger partial charge on any atom is -0.361 e. The molecule has 1 aromatic carbocycles. The molecule has 0 unspecified atom stereocenters. The Hall–Kier alpha value is -1.24. The zero-order chi connectivity index (χ0) is 11.7. The first-order valence-electron chi connectivity index (χ1n) is 5.89. The highest BCUT2D eigenvalue weighted by Gasteiger charge is 2.11. The van der Waals surface area contributed by atoms with E-state index in [1.165, 1.54) is 16.5 Å². The normalized spacial score (nSPS) is 14.5. The number of halogens is 1. The van der Waals surface area contributed by atoms with Gasteiger partial charge in [-0.25, -0.2) is 0 Å². The molecule has 0 saturated carbocycles. The number of fused-ring (bicyclic) bond motifs is 1. The molecule has 96 valence electrons. The molecular weight excluding hydrogens is 339 g/mol. The highest BCUT2D eigenvalue weighted by molar-refractivity contribution is 14.0. The maximum Gasteiger partial charge on any atom is 0.194 e. The number of guanidine groups is 1. The fraction of sp³-hybridized carbons (Fsp3) is 0.308. The van der Waals surface area contributed by atoms with Crippen molar-refractivity contribution in [2.75, 3.05) is 20.1 Å². The van der Waals surface area contributed by atoms with Crippen LogP contribution in [0.15, 0.2) is 35.5 Å². The average molecular weight is 356 g/mol. The second kappa shape index (κ2) is 5.60. The Bertz CT molecular complexity index is 561. The lowest BCUT2D eigenvalue weighted by Crippen LogP contribution is -2.35. The van der Waals surface area contributed by atoms with E-state index in [4.69, 9.17) is 0 Å². The van der Waals surface area contributed by atoms with Crippen molar-refractivity contribution in [1.82, 2.24) is 15.2 Å². The van der Waals surface area contributed by atoms with Gasteiger partial charge in [-0.2, -0.15) is 0 Å². The van der Waals surface area contributed by atoms with Crippen LogP contribution in [0.2, 0.25) is 0 Å². The first-order chi connectivity index (χ1) is 8.34. The number of benzene rings is 1. The average Bonchev–Trinajstić information content (AvgIpc) is 2.95. The van der Waals surface area contributed by atoms with E-state index < -0.39 is 0 Å². The fourth-order valence-electron chi connectivity index (χ4n) is 2.19. The second-order valence-corrected chi connectivity index (χ2v) is 4.34. The molecule has 18 heavy (non-hydrogen) atoms. The van der Waals surface area contributed by atoms with Crippen molar-refractivity contribution in [2.45, 2.75) is 6.54 Å². The summed E-state index contributed by atoms with van der Waals surface area (Å²) in [7, 11) is 2.06. The summed E-state index contributed by atoms with van der Waals surface area (Å²) in [4.78, 5) is 9.85. The third-order valence-electron chi connectivity index (χ3n) is 3.17. The molecule has 2 aromatic rings. The van der Waals surface area contributed by atoms with Crippen molar-refractivity contribution in [3.8, 4) is 0 Å². The molecule has 0 radical (unpaired) electrons. The van der Waals surface area contributed by atoms with Gasteiger partial charge in [0.25, 0.3) is 0 Å². The Morgan fingerprint density at radius 1 is 1.39 bits per heavy atom. The number of rotatable bonds is 2. The quantitative estimate of drug-likeness (QED) is 0.811.